The highest BCUT2D eigenvalue weighted by atomic mass is 31.2. The van der Waals surface area contributed by atoms with Crippen molar-refractivity contribution in [2.45, 2.75) is 225 Å². The quantitative estimate of drug-likeness (QED) is 0.0367. The van der Waals surface area contributed by atoms with Gasteiger partial charge in [0.1, 0.15) is 13.2 Å². The van der Waals surface area contributed by atoms with Gasteiger partial charge in [0, 0.05) is 6.42 Å². The van der Waals surface area contributed by atoms with Crippen molar-refractivity contribution in [2.75, 3.05) is 40.9 Å². The summed E-state index contributed by atoms with van der Waals surface area (Å²) in [6.07, 6.45) is 36.7. The van der Waals surface area contributed by atoms with Crippen LogP contribution in [0.1, 0.15) is 213 Å². The molecule has 0 saturated carbocycles. The van der Waals surface area contributed by atoms with E-state index >= 15 is 0 Å². The van der Waals surface area contributed by atoms with Crippen molar-refractivity contribution in [1.82, 2.24) is 5.32 Å². The smallest absolute Gasteiger partial charge is 0.268 e. The van der Waals surface area contributed by atoms with Crippen molar-refractivity contribution in [1.29, 1.82) is 0 Å². The zero-order chi connectivity index (χ0) is 37.9. The SMILES string of the molecule is CCCCCCCCCCCCCCCCCCCCC(O)C(COP(=O)([O-])OCC[N+](C)(C)C)NC(=O)CCCCCCCCCCCCC. The lowest BCUT2D eigenvalue weighted by Gasteiger charge is -2.30. The van der Waals surface area contributed by atoms with Gasteiger partial charge in [-0.15, -0.1) is 0 Å². The molecule has 0 rings (SSSR count). The number of likely N-dealkylation sites (N-methyl/N-ethyl adjacent to an activating group) is 1. The van der Waals surface area contributed by atoms with Gasteiger partial charge in [0.15, 0.2) is 0 Å². The van der Waals surface area contributed by atoms with E-state index in [4.69, 9.17) is 9.05 Å². The molecule has 0 radical (unpaired) electrons. The summed E-state index contributed by atoms with van der Waals surface area (Å²) < 4.78 is 23.2. The summed E-state index contributed by atoms with van der Waals surface area (Å²) in [5, 5.41) is 13.9. The maximum absolute atomic E-state index is 12.8. The molecule has 51 heavy (non-hydrogen) atoms. The number of phosphoric ester groups is 1. The summed E-state index contributed by atoms with van der Waals surface area (Å²) in [6.45, 7) is 4.72. The summed E-state index contributed by atoms with van der Waals surface area (Å²) in [6, 6.07) is -0.791. The molecule has 0 aliphatic carbocycles. The molecule has 0 aromatic heterocycles. The zero-order valence-corrected chi connectivity index (χ0v) is 35.5. The third-order valence-electron chi connectivity index (χ3n) is 10.1. The molecule has 0 aromatic carbocycles. The van der Waals surface area contributed by atoms with Crippen molar-refractivity contribution in [3.8, 4) is 0 Å². The minimum atomic E-state index is -4.55. The molecule has 0 aliphatic rings. The van der Waals surface area contributed by atoms with E-state index in [9.17, 15) is 19.4 Å². The molecule has 0 heterocycles. The number of hydrogen-bond donors (Lipinski definition) is 2. The highest BCUT2D eigenvalue weighted by Gasteiger charge is 2.24. The molecule has 3 atom stereocenters. The van der Waals surface area contributed by atoms with Gasteiger partial charge in [0.25, 0.3) is 7.82 Å². The van der Waals surface area contributed by atoms with Crippen LogP contribution in [0, 0.1) is 0 Å². The van der Waals surface area contributed by atoms with E-state index in [2.05, 4.69) is 19.2 Å². The van der Waals surface area contributed by atoms with Gasteiger partial charge in [-0.3, -0.25) is 9.36 Å². The summed E-state index contributed by atoms with van der Waals surface area (Å²) >= 11 is 0. The molecule has 0 aliphatic heterocycles. The number of nitrogens with one attached hydrogen (secondary N) is 1. The van der Waals surface area contributed by atoms with Crippen LogP contribution in [0.4, 0.5) is 0 Å². The van der Waals surface area contributed by atoms with E-state index in [1.165, 1.54) is 148 Å². The zero-order valence-electron chi connectivity index (χ0n) is 34.6. The van der Waals surface area contributed by atoms with Gasteiger partial charge >= 0.3 is 0 Å². The Labute approximate surface area is 317 Å². The molecule has 1 amide bonds. The average Bonchev–Trinajstić information content (AvgIpc) is 3.07. The van der Waals surface area contributed by atoms with Crippen LogP contribution in [0.25, 0.3) is 0 Å². The van der Waals surface area contributed by atoms with Gasteiger partial charge < -0.3 is 28.8 Å². The van der Waals surface area contributed by atoms with E-state index in [1.807, 2.05) is 21.1 Å². The van der Waals surface area contributed by atoms with Crippen molar-refractivity contribution in [2.24, 2.45) is 0 Å². The molecule has 9 heteroatoms. The third-order valence-corrected chi connectivity index (χ3v) is 11.1. The molecule has 0 fully saturated rings. The fourth-order valence-electron chi connectivity index (χ4n) is 6.57. The van der Waals surface area contributed by atoms with Gasteiger partial charge in [-0.05, 0) is 12.8 Å². The van der Waals surface area contributed by atoms with Gasteiger partial charge in [-0.1, -0.05) is 194 Å². The number of rotatable bonds is 40. The molecule has 8 nitrogen and oxygen atoms in total. The number of aliphatic hydroxyl groups is 1. The van der Waals surface area contributed by atoms with E-state index in [-0.39, 0.29) is 19.1 Å². The number of carbonyl (C=O) groups excluding carboxylic acids is 1. The largest absolute Gasteiger partial charge is 0.756 e. The van der Waals surface area contributed by atoms with Crippen molar-refractivity contribution < 1.29 is 32.9 Å². The van der Waals surface area contributed by atoms with Crippen LogP contribution in [-0.4, -0.2) is 68.5 Å². The van der Waals surface area contributed by atoms with Crippen LogP contribution in [0.15, 0.2) is 0 Å². The van der Waals surface area contributed by atoms with E-state index in [1.54, 1.807) is 0 Å². The number of aliphatic hydroxyl groups excluding tert-OH is 1. The van der Waals surface area contributed by atoms with E-state index in [0.29, 0.717) is 23.9 Å². The summed E-state index contributed by atoms with van der Waals surface area (Å²) in [7, 11) is 1.32. The van der Waals surface area contributed by atoms with Crippen LogP contribution in [0.5, 0.6) is 0 Å². The lowest BCUT2D eigenvalue weighted by atomic mass is 10.0. The number of unbranched alkanes of at least 4 members (excludes halogenated alkanes) is 27. The molecule has 0 aromatic rings. The Balaban J connectivity index is 4.31. The number of quaternary nitrogens is 1. The fourth-order valence-corrected chi connectivity index (χ4v) is 7.29. The molecule has 0 spiro atoms. The Kier molecular flexibility index (Phi) is 34.9. The summed E-state index contributed by atoms with van der Waals surface area (Å²) in [4.78, 5) is 25.2. The van der Waals surface area contributed by atoms with Gasteiger partial charge in [-0.2, -0.15) is 0 Å². The Morgan fingerprint density at radius 3 is 1.33 bits per heavy atom. The molecular formula is C42H87N2O6P. The van der Waals surface area contributed by atoms with Gasteiger partial charge in [0.2, 0.25) is 5.91 Å². The number of phosphoric acid groups is 1. The van der Waals surface area contributed by atoms with Crippen LogP contribution < -0.4 is 10.2 Å². The maximum Gasteiger partial charge on any atom is 0.268 e. The molecule has 0 bridgehead atoms. The van der Waals surface area contributed by atoms with E-state index in [0.717, 1.165) is 38.5 Å². The average molecular weight is 747 g/mol. The Bertz CT molecular complexity index is 809. The predicted octanol–water partition coefficient (Wildman–Crippen LogP) is 11.2. The van der Waals surface area contributed by atoms with Crippen LogP contribution in [0.3, 0.4) is 0 Å². The van der Waals surface area contributed by atoms with Crippen LogP contribution >= 0.6 is 7.82 Å². The van der Waals surface area contributed by atoms with Crippen LogP contribution in [-0.2, 0) is 18.4 Å². The first-order chi connectivity index (χ1) is 24.5. The minimum absolute atomic E-state index is 0.0159. The number of hydrogen-bond acceptors (Lipinski definition) is 6. The Morgan fingerprint density at radius 1 is 0.608 bits per heavy atom. The van der Waals surface area contributed by atoms with Crippen molar-refractivity contribution in [3.63, 3.8) is 0 Å². The highest BCUT2D eigenvalue weighted by Crippen LogP contribution is 2.38. The number of amides is 1. The second kappa shape index (κ2) is 35.2. The Morgan fingerprint density at radius 2 is 0.961 bits per heavy atom. The molecule has 306 valence electrons. The maximum atomic E-state index is 12.8. The topological polar surface area (TPSA) is 108 Å². The lowest BCUT2D eigenvalue weighted by Crippen LogP contribution is -2.46. The summed E-state index contributed by atoms with van der Waals surface area (Å²) in [5.74, 6) is -0.164. The fraction of sp³-hybridized carbons (Fsp3) is 0.976. The monoisotopic (exact) mass is 747 g/mol. The molecule has 3 unspecified atom stereocenters. The first kappa shape index (κ1) is 50.5. The molecular weight excluding hydrogens is 659 g/mol. The first-order valence-corrected chi connectivity index (χ1v) is 23.3. The van der Waals surface area contributed by atoms with Crippen molar-refractivity contribution in [3.05, 3.63) is 0 Å². The third kappa shape index (κ3) is 37.6. The van der Waals surface area contributed by atoms with E-state index < -0.39 is 20.0 Å². The first-order valence-electron chi connectivity index (χ1n) is 21.9. The Hall–Kier alpha value is -0.500. The van der Waals surface area contributed by atoms with Crippen molar-refractivity contribution >= 4 is 13.7 Å². The molecule has 0 saturated heterocycles. The van der Waals surface area contributed by atoms with Gasteiger partial charge in [0.05, 0.1) is 39.9 Å². The number of carbonyl (C=O) groups is 1. The number of nitrogens with zero attached hydrogens (tertiary/aromatic N) is 1. The predicted molar refractivity (Wildman–Crippen MR) is 215 cm³/mol. The second-order valence-corrected chi connectivity index (χ2v) is 17.8. The van der Waals surface area contributed by atoms with Gasteiger partial charge in [-0.25, -0.2) is 0 Å². The lowest BCUT2D eigenvalue weighted by molar-refractivity contribution is -0.870. The summed E-state index contributed by atoms with van der Waals surface area (Å²) in [5.41, 5.74) is 0. The second-order valence-electron chi connectivity index (χ2n) is 16.4. The van der Waals surface area contributed by atoms with Crippen LogP contribution in [0.2, 0.25) is 0 Å². The molecule has 2 N–H and O–H groups in total. The normalized spacial score (nSPS) is 14.4. The highest BCUT2D eigenvalue weighted by molar-refractivity contribution is 7.45. The minimum Gasteiger partial charge on any atom is -0.756 e. The standard InChI is InChI=1S/C42H87N2O6P/c1-6-8-10-12-14-16-18-19-20-21-22-23-24-26-27-29-31-33-35-41(45)40(39-50-51(47,48)49-38-37-44(3,4)5)43-42(46)36-34-32-30-28-25-17-15-13-11-9-7-2/h40-41,45H,6-39H2,1-5H3,(H-,43,46,47,48).